The van der Waals surface area contributed by atoms with Gasteiger partial charge in [-0.2, -0.15) is 0 Å². The van der Waals surface area contributed by atoms with Crippen molar-refractivity contribution in [3.63, 3.8) is 0 Å². The molecule has 1 amide bonds. The third-order valence-corrected chi connectivity index (χ3v) is 6.41. The molecule has 1 aromatic carbocycles. The second-order valence-corrected chi connectivity index (χ2v) is 9.74. The zero-order chi connectivity index (χ0) is 20.9. The van der Waals surface area contributed by atoms with Crippen LogP contribution in [0.5, 0.6) is 0 Å². The highest BCUT2D eigenvalue weighted by Crippen LogP contribution is 2.25. The molecule has 1 N–H and O–H groups in total. The molecule has 2 unspecified atom stereocenters. The molecule has 0 spiro atoms. The van der Waals surface area contributed by atoms with Crippen molar-refractivity contribution < 1.29 is 27.5 Å². The highest BCUT2D eigenvalue weighted by molar-refractivity contribution is 7.92. The van der Waals surface area contributed by atoms with Crippen LogP contribution < -0.4 is 5.32 Å². The molecule has 0 bridgehead atoms. The fourth-order valence-electron chi connectivity index (χ4n) is 2.97. The van der Waals surface area contributed by atoms with Crippen molar-refractivity contribution in [1.82, 2.24) is 10.2 Å². The molecule has 2 rings (SSSR count). The lowest BCUT2D eigenvalue weighted by Crippen LogP contribution is -2.45. The summed E-state index contributed by atoms with van der Waals surface area (Å²) in [5, 5.41) is 2.03. The number of likely N-dealkylation sites (tertiary alicyclic amines) is 1. The SMILES string of the molecule is CCOC(=O)CNC1CN(C(=O)OC(C)(C)C)CC1S(=O)(=O)c1ccccc1. The van der Waals surface area contributed by atoms with Crippen molar-refractivity contribution >= 4 is 21.9 Å². The third-order valence-electron chi connectivity index (χ3n) is 4.20. The van der Waals surface area contributed by atoms with Gasteiger partial charge in [-0.3, -0.25) is 4.79 Å². The number of carbonyl (C=O) groups is 2. The van der Waals surface area contributed by atoms with Gasteiger partial charge in [0.1, 0.15) is 10.9 Å². The summed E-state index contributed by atoms with van der Waals surface area (Å²) >= 11 is 0. The number of rotatable bonds is 6. The predicted octanol–water partition coefficient (Wildman–Crippen LogP) is 1.60. The van der Waals surface area contributed by atoms with Gasteiger partial charge in [0.15, 0.2) is 9.84 Å². The quantitative estimate of drug-likeness (QED) is 0.708. The second kappa shape index (κ2) is 8.91. The smallest absolute Gasteiger partial charge is 0.410 e. The summed E-state index contributed by atoms with van der Waals surface area (Å²) in [4.78, 5) is 25.7. The van der Waals surface area contributed by atoms with Crippen LogP contribution in [0.1, 0.15) is 27.7 Å². The van der Waals surface area contributed by atoms with E-state index in [0.29, 0.717) is 0 Å². The molecule has 156 valence electrons. The summed E-state index contributed by atoms with van der Waals surface area (Å²) in [6, 6.07) is 7.45. The second-order valence-electron chi connectivity index (χ2n) is 7.57. The zero-order valence-corrected chi connectivity index (χ0v) is 17.5. The number of carbonyl (C=O) groups excluding carboxylic acids is 2. The van der Waals surface area contributed by atoms with Crippen molar-refractivity contribution in [2.75, 3.05) is 26.2 Å². The number of hydrogen-bond acceptors (Lipinski definition) is 7. The fourth-order valence-corrected chi connectivity index (χ4v) is 4.85. The number of amides is 1. The summed E-state index contributed by atoms with van der Waals surface area (Å²) in [6.45, 7) is 7.13. The molecule has 8 nitrogen and oxygen atoms in total. The molecule has 1 heterocycles. The summed E-state index contributed by atoms with van der Waals surface area (Å²) in [6.07, 6.45) is -0.582. The lowest BCUT2D eigenvalue weighted by atomic mass is 10.2. The Morgan fingerprint density at radius 1 is 1.18 bits per heavy atom. The van der Waals surface area contributed by atoms with Crippen LogP contribution in [0.25, 0.3) is 0 Å². The lowest BCUT2D eigenvalue weighted by Gasteiger charge is -2.24. The first-order valence-corrected chi connectivity index (χ1v) is 10.7. The van der Waals surface area contributed by atoms with Crippen LogP contribution in [0.15, 0.2) is 35.2 Å². The largest absolute Gasteiger partial charge is 0.465 e. The standard InChI is InChI=1S/C19H28N2O6S/c1-5-26-17(22)11-20-15-12-21(18(23)27-19(2,3)4)13-16(15)28(24,25)14-9-7-6-8-10-14/h6-10,15-16,20H,5,11-13H2,1-4H3. The maximum Gasteiger partial charge on any atom is 0.410 e. The van der Waals surface area contributed by atoms with Crippen LogP contribution in [-0.4, -0.2) is 68.5 Å². The van der Waals surface area contributed by atoms with Gasteiger partial charge in [-0.05, 0) is 39.8 Å². The molecule has 1 aliphatic rings. The molecule has 1 aliphatic heterocycles. The van der Waals surface area contributed by atoms with E-state index >= 15 is 0 Å². The fraction of sp³-hybridized carbons (Fsp3) is 0.579. The normalized spacial score (nSPS) is 20.1. The van der Waals surface area contributed by atoms with Crippen LogP contribution in [0.2, 0.25) is 0 Å². The minimum Gasteiger partial charge on any atom is -0.465 e. The topological polar surface area (TPSA) is 102 Å². The zero-order valence-electron chi connectivity index (χ0n) is 16.7. The van der Waals surface area contributed by atoms with Gasteiger partial charge in [0, 0.05) is 19.1 Å². The highest BCUT2D eigenvalue weighted by atomic mass is 32.2. The van der Waals surface area contributed by atoms with E-state index in [1.54, 1.807) is 45.9 Å². The number of nitrogens with zero attached hydrogens (tertiary/aromatic N) is 1. The maximum absolute atomic E-state index is 13.1. The molecule has 2 atom stereocenters. The minimum atomic E-state index is -3.72. The van der Waals surface area contributed by atoms with Gasteiger partial charge in [-0.15, -0.1) is 0 Å². The Labute approximate surface area is 166 Å². The van der Waals surface area contributed by atoms with Gasteiger partial charge in [0.2, 0.25) is 0 Å². The van der Waals surface area contributed by atoms with E-state index in [0.717, 1.165) is 0 Å². The minimum absolute atomic E-state index is 0.0212. The Morgan fingerprint density at radius 3 is 2.39 bits per heavy atom. The monoisotopic (exact) mass is 412 g/mol. The molecule has 0 aliphatic carbocycles. The lowest BCUT2D eigenvalue weighted by molar-refractivity contribution is -0.142. The molecule has 9 heteroatoms. The molecular formula is C19H28N2O6S. The van der Waals surface area contributed by atoms with Crippen molar-refractivity contribution in [2.45, 2.75) is 49.5 Å². The number of benzene rings is 1. The Kier molecular flexibility index (Phi) is 7.06. The molecule has 1 aromatic rings. The van der Waals surface area contributed by atoms with Crippen LogP contribution in [0.4, 0.5) is 4.79 Å². The van der Waals surface area contributed by atoms with Crippen LogP contribution >= 0.6 is 0 Å². The van der Waals surface area contributed by atoms with E-state index in [2.05, 4.69) is 5.32 Å². The number of sulfone groups is 1. The van der Waals surface area contributed by atoms with E-state index in [1.807, 2.05) is 0 Å². The van der Waals surface area contributed by atoms with Crippen molar-refractivity contribution in [3.05, 3.63) is 30.3 Å². The number of esters is 1. The van der Waals surface area contributed by atoms with Gasteiger partial charge >= 0.3 is 12.1 Å². The molecule has 28 heavy (non-hydrogen) atoms. The van der Waals surface area contributed by atoms with E-state index in [9.17, 15) is 18.0 Å². The van der Waals surface area contributed by atoms with Crippen molar-refractivity contribution in [2.24, 2.45) is 0 Å². The average Bonchev–Trinajstić information content (AvgIpc) is 3.05. The van der Waals surface area contributed by atoms with Crippen LogP contribution in [-0.2, 0) is 24.1 Å². The predicted molar refractivity (Wildman–Crippen MR) is 104 cm³/mol. The first-order valence-electron chi connectivity index (χ1n) is 9.20. The highest BCUT2D eigenvalue weighted by Gasteiger charge is 2.44. The van der Waals surface area contributed by atoms with E-state index < -0.39 is 38.8 Å². The van der Waals surface area contributed by atoms with Gasteiger partial charge in [0.25, 0.3) is 0 Å². The Morgan fingerprint density at radius 2 is 1.82 bits per heavy atom. The first kappa shape index (κ1) is 22.2. The summed E-state index contributed by atoms with van der Waals surface area (Å²) in [5.41, 5.74) is -0.693. The molecule has 0 aromatic heterocycles. The Bertz CT molecular complexity index is 788. The van der Waals surface area contributed by atoms with E-state index in [1.165, 1.54) is 17.0 Å². The Hall–Kier alpha value is -2.13. The molecule has 1 fully saturated rings. The van der Waals surface area contributed by atoms with Crippen molar-refractivity contribution in [1.29, 1.82) is 0 Å². The molecule has 0 radical (unpaired) electrons. The van der Waals surface area contributed by atoms with E-state index in [-0.39, 0.29) is 31.1 Å². The third kappa shape index (κ3) is 5.68. The first-order chi connectivity index (χ1) is 13.0. The van der Waals surface area contributed by atoms with Crippen LogP contribution in [0, 0.1) is 0 Å². The van der Waals surface area contributed by atoms with Gasteiger partial charge in [0.05, 0.1) is 18.0 Å². The molecular weight excluding hydrogens is 384 g/mol. The van der Waals surface area contributed by atoms with Gasteiger partial charge < -0.3 is 19.7 Å². The number of nitrogens with one attached hydrogen (secondary N) is 1. The summed E-state index contributed by atoms with van der Waals surface area (Å²) in [5.74, 6) is -0.478. The number of hydrogen-bond donors (Lipinski definition) is 1. The number of ether oxygens (including phenoxy) is 2. The summed E-state index contributed by atoms with van der Waals surface area (Å²) in [7, 11) is -3.72. The van der Waals surface area contributed by atoms with E-state index in [4.69, 9.17) is 9.47 Å². The van der Waals surface area contributed by atoms with Gasteiger partial charge in [-0.1, -0.05) is 18.2 Å². The average molecular weight is 413 g/mol. The van der Waals surface area contributed by atoms with Gasteiger partial charge in [-0.25, -0.2) is 13.2 Å². The molecule has 1 saturated heterocycles. The summed E-state index contributed by atoms with van der Waals surface area (Å²) < 4.78 is 36.5. The Balaban J connectivity index is 2.22. The van der Waals surface area contributed by atoms with Crippen LogP contribution in [0.3, 0.4) is 0 Å². The molecule has 0 saturated carbocycles. The van der Waals surface area contributed by atoms with Crippen molar-refractivity contribution in [3.8, 4) is 0 Å². The maximum atomic E-state index is 13.1.